The van der Waals surface area contributed by atoms with Crippen LogP contribution in [0.2, 0.25) is 0 Å². The van der Waals surface area contributed by atoms with E-state index in [-0.39, 0.29) is 22.8 Å². The third-order valence-electron chi connectivity index (χ3n) is 8.33. The molecule has 3 unspecified atom stereocenters. The van der Waals surface area contributed by atoms with Crippen molar-refractivity contribution in [3.8, 4) is 22.7 Å². The molecular formula is C32H40N4O3. The van der Waals surface area contributed by atoms with Crippen molar-refractivity contribution in [3.05, 3.63) is 59.8 Å². The maximum Gasteiger partial charge on any atom is 0.240 e. The van der Waals surface area contributed by atoms with Crippen LogP contribution in [0, 0.1) is 11.8 Å². The molecule has 39 heavy (non-hydrogen) atoms. The Labute approximate surface area is 230 Å². The maximum absolute atomic E-state index is 11.6. The monoisotopic (exact) mass is 528 g/mol. The largest absolute Gasteiger partial charge is 0.436 e. The Morgan fingerprint density at radius 3 is 2.72 bits per heavy atom. The lowest BCUT2D eigenvalue weighted by Gasteiger charge is -2.44. The Hall–Kier alpha value is -3.45. The average molecular weight is 529 g/mol. The van der Waals surface area contributed by atoms with Crippen molar-refractivity contribution in [2.24, 2.45) is 11.8 Å². The fraction of sp³-hybridized carbons (Fsp3) is 0.469. The van der Waals surface area contributed by atoms with Crippen molar-refractivity contribution in [2.75, 3.05) is 0 Å². The van der Waals surface area contributed by atoms with E-state index in [0.29, 0.717) is 17.7 Å². The first kappa shape index (κ1) is 27.1. The highest BCUT2D eigenvalue weighted by atomic mass is 16.7. The zero-order valence-corrected chi connectivity index (χ0v) is 24.1. The van der Waals surface area contributed by atoms with E-state index in [0.717, 1.165) is 47.2 Å². The number of aromatic amines is 1. The minimum absolute atomic E-state index is 0.0329. The Kier molecular flexibility index (Phi) is 7.14. The number of oxazole rings is 1. The number of H-pyrrole nitrogens is 1. The summed E-state index contributed by atoms with van der Waals surface area (Å²) in [5.41, 5.74) is 9.25. The third-order valence-corrected chi connectivity index (χ3v) is 8.33. The molecule has 5 rings (SSSR count). The average Bonchev–Trinajstić information content (AvgIpc) is 3.53. The Balaban J connectivity index is 1.46. The maximum atomic E-state index is 11.6. The molecule has 1 fully saturated rings. The molecule has 0 spiro atoms. The number of hydroxylamine groups is 1. The SMILES string of the molecule is CC(=O)NOC1CC(C)(c2cccc(-c3n[nH]cc3-c3nc4cc(C(C)(C)C)ccc4o3)c2)CCC1C(C)C. The number of carbonyl (C=O) groups is 1. The van der Waals surface area contributed by atoms with Gasteiger partial charge in [0, 0.05) is 18.7 Å². The fourth-order valence-corrected chi connectivity index (χ4v) is 5.91. The Bertz CT molecular complexity index is 1480. The van der Waals surface area contributed by atoms with Gasteiger partial charge in [0.05, 0.1) is 11.7 Å². The van der Waals surface area contributed by atoms with Crippen molar-refractivity contribution < 1.29 is 14.0 Å². The first-order valence-electron chi connectivity index (χ1n) is 13.9. The molecule has 4 aromatic rings. The number of fused-ring (bicyclic) bond motifs is 1. The van der Waals surface area contributed by atoms with Gasteiger partial charge in [0.15, 0.2) is 5.58 Å². The highest BCUT2D eigenvalue weighted by Gasteiger charge is 2.41. The molecule has 1 amide bonds. The molecule has 7 heteroatoms. The zero-order chi connectivity index (χ0) is 27.9. The van der Waals surface area contributed by atoms with Crippen LogP contribution in [-0.4, -0.2) is 27.2 Å². The van der Waals surface area contributed by atoms with Gasteiger partial charge in [0.1, 0.15) is 11.2 Å². The quantitative estimate of drug-likeness (QED) is 0.256. The molecule has 0 bridgehead atoms. The van der Waals surface area contributed by atoms with Gasteiger partial charge >= 0.3 is 0 Å². The molecule has 2 heterocycles. The van der Waals surface area contributed by atoms with Gasteiger partial charge < -0.3 is 4.42 Å². The first-order chi connectivity index (χ1) is 18.4. The standard InChI is InChI=1S/C32H40N4O3/c1-19(2)24-13-14-32(7,17-28(24)39-36-20(3)37)23-10-8-9-21(15-23)29-25(18-33-35-29)30-34-26-16-22(31(4,5)6)11-12-27(26)38-30/h8-12,15-16,18-19,24,28H,13-14,17H2,1-7H3,(H,33,35)(H,36,37). The number of carbonyl (C=O) groups excluding carboxylic acids is 1. The molecule has 1 aliphatic rings. The molecule has 2 aromatic heterocycles. The lowest BCUT2D eigenvalue weighted by molar-refractivity contribution is -0.146. The van der Waals surface area contributed by atoms with Gasteiger partial charge in [0.25, 0.3) is 0 Å². The normalized spacial score (nSPS) is 21.9. The summed E-state index contributed by atoms with van der Waals surface area (Å²) in [5, 5.41) is 7.63. The van der Waals surface area contributed by atoms with E-state index in [4.69, 9.17) is 14.2 Å². The van der Waals surface area contributed by atoms with Gasteiger partial charge in [-0.25, -0.2) is 10.5 Å². The molecule has 0 aliphatic heterocycles. The van der Waals surface area contributed by atoms with Crippen molar-refractivity contribution >= 4 is 17.0 Å². The number of nitrogens with zero attached hydrogens (tertiary/aromatic N) is 2. The van der Waals surface area contributed by atoms with Gasteiger partial charge in [-0.2, -0.15) is 5.10 Å². The Morgan fingerprint density at radius 1 is 1.21 bits per heavy atom. The minimum Gasteiger partial charge on any atom is -0.436 e. The van der Waals surface area contributed by atoms with E-state index in [2.05, 4.69) is 93.6 Å². The molecule has 1 saturated carbocycles. The van der Waals surface area contributed by atoms with Crippen LogP contribution in [0.1, 0.15) is 78.9 Å². The smallest absolute Gasteiger partial charge is 0.240 e. The van der Waals surface area contributed by atoms with E-state index in [1.54, 1.807) is 0 Å². The van der Waals surface area contributed by atoms with Crippen molar-refractivity contribution in [2.45, 2.75) is 84.7 Å². The Morgan fingerprint density at radius 2 is 2.00 bits per heavy atom. The second-order valence-corrected chi connectivity index (χ2v) is 12.7. The van der Waals surface area contributed by atoms with Crippen molar-refractivity contribution in [3.63, 3.8) is 0 Å². The summed E-state index contributed by atoms with van der Waals surface area (Å²) in [6, 6.07) is 14.8. The molecule has 0 radical (unpaired) electrons. The summed E-state index contributed by atoms with van der Waals surface area (Å²) in [5.74, 6) is 1.25. The van der Waals surface area contributed by atoms with E-state index in [1.807, 2.05) is 12.3 Å². The van der Waals surface area contributed by atoms with Crippen LogP contribution in [0.4, 0.5) is 0 Å². The summed E-state index contributed by atoms with van der Waals surface area (Å²) in [6.07, 6.45) is 4.72. The van der Waals surface area contributed by atoms with Gasteiger partial charge in [-0.05, 0) is 71.3 Å². The highest BCUT2D eigenvalue weighted by Crippen LogP contribution is 2.45. The van der Waals surface area contributed by atoms with Crippen molar-refractivity contribution in [1.82, 2.24) is 20.7 Å². The molecular weight excluding hydrogens is 488 g/mol. The first-order valence-corrected chi connectivity index (χ1v) is 13.9. The van der Waals surface area contributed by atoms with Crippen molar-refractivity contribution in [1.29, 1.82) is 0 Å². The molecule has 206 valence electrons. The van der Waals surface area contributed by atoms with Gasteiger partial charge in [-0.1, -0.05) is 65.8 Å². The molecule has 3 atom stereocenters. The van der Waals surface area contributed by atoms with Crippen LogP contribution < -0.4 is 5.48 Å². The predicted octanol–water partition coefficient (Wildman–Crippen LogP) is 7.33. The number of amides is 1. The third kappa shape index (κ3) is 5.50. The number of benzene rings is 2. The van der Waals surface area contributed by atoms with Crippen LogP contribution >= 0.6 is 0 Å². The molecule has 7 nitrogen and oxygen atoms in total. The summed E-state index contributed by atoms with van der Waals surface area (Å²) < 4.78 is 6.18. The summed E-state index contributed by atoms with van der Waals surface area (Å²) >= 11 is 0. The number of rotatable bonds is 6. The second-order valence-electron chi connectivity index (χ2n) is 12.7. The van der Waals surface area contributed by atoms with Crippen LogP contribution in [0.5, 0.6) is 0 Å². The minimum atomic E-state index is -0.174. The number of nitrogens with one attached hydrogen (secondary N) is 2. The van der Waals surface area contributed by atoms with Crippen LogP contribution in [0.3, 0.4) is 0 Å². The predicted molar refractivity (Wildman–Crippen MR) is 154 cm³/mol. The molecule has 2 aromatic carbocycles. The van der Waals surface area contributed by atoms with Crippen LogP contribution in [0.25, 0.3) is 33.8 Å². The second kappa shape index (κ2) is 10.3. The lowest BCUT2D eigenvalue weighted by Crippen LogP contribution is -2.44. The fourth-order valence-electron chi connectivity index (χ4n) is 5.91. The number of hydrogen-bond donors (Lipinski definition) is 2. The van der Waals surface area contributed by atoms with Crippen LogP contribution in [-0.2, 0) is 20.5 Å². The van der Waals surface area contributed by atoms with Gasteiger partial charge in [-0.3, -0.25) is 14.7 Å². The zero-order valence-electron chi connectivity index (χ0n) is 24.1. The summed E-state index contributed by atoms with van der Waals surface area (Å²) in [6.45, 7) is 14.8. The van der Waals surface area contributed by atoms with E-state index >= 15 is 0 Å². The van der Waals surface area contributed by atoms with Crippen LogP contribution in [0.15, 0.2) is 53.1 Å². The summed E-state index contributed by atoms with van der Waals surface area (Å²) in [4.78, 5) is 22.3. The van der Waals surface area contributed by atoms with Gasteiger partial charge in [-0.15, -0.1) is 0 Å². The highest BCUT2D eigenvalue weighted by molar-refractivity contribution is 5.82. The van der Waals surface area contributed by atoms with E-state index in [9.17, 15) is 4.79 Å². The number of aromatic nitrogens is 3. The molecule has 2 N–H and O–H groups in total. The lowest BCUT2D eigenvalue weighted by atomic mass is 9.64. The van der Waals surface area contributed by atoms with Gasteiger partial charge in [0.2, 0.25) is 11.8 Å². The topological polar surface area (TPSA) is 93.0 Å². The van der Waals surface area contributed by atoms with E-state index in [1.165, 1.54) is 18.1 Å². The molecule has 0 saturated heterocycles. The number of hydrogen-bond acceptors (Lipinski definition) is 5. The summed E-state index contributed by atoms with van der Waals surface area (Å²) in [7, 11) is 0. The van der Waals surface area contributed by atoms with E-state index < -0.39 is 0 Å². The molecule has 1 aliphatic carbocycles.